The zero-order chi connectivity index (χ0) is 14.5. The summed E-state index contributed by atoms with van der Waals surface area (Å²) >= 11 is 0. The quantitative estimate of drug-likeness (QED) is 0.628. The van der Waals surface area contributed by atoms with Gasteiger partial charge in [-0.25, -0.2) is 4.72 Å². The Morgan fingerprint density at radius 2 is 2.11 bits per heavy atom. The van der Waals surface area contributed by atoms with Crippen LogP contribution >= 0.6 is 0 Å². The van der Waals surface area contributed by atoms with E-state index in [0.29, 0.717) is 19.3 Å². The summed E-state index contributed by atoms with van der Waals surface area (Å²) in [6.07, 6.45) is 1.52. The molecule has 0 bridgehead atoms. The summed E-state index contributed by atoms with van der Waals surface area (Å²) in [6, 6.07) is -1.04. The van der Waals surface area contributed by atoms with E-state index in [4.69, 9.17) is 5.11 Å². The van der Waals surface area contributed by atoms with Crippen LogP contribution < -0.4 is 4.72 Å². The van der Waals surface area contributed by atoms with Crippen LogP contribution in [0.3, 0.4) is 0 Å². The first kappa shape index (κ1) is 15.9. The minimum Gasteiger partial charge on any atom is -0.480 e. The fourth-order valence-corrected chi connectivity index (χ4v) is 3.33. The molecule has 1 atom stereocenters. The number of ether oxygens (including phenoxy) is 1. The number of methoxy groups -OCH3 is 1. The first-order valence-electron chi connectivity index (χ1n) is 5.94. The lowest BCUT2D eigenvalue weighted by molar-refractivity contribution is -0.142. The Morgan fingerprint density at radius 1 is 1.42 bits per heavy atom. The number of esters is 1. The lowest BCUT2D eigenvalue weighted by atomic mass is 10.1. The summed E-state index contributed by atoms with van der Waals surface area (Å²) < 4.78 is 31.5. The van der Waals surface area contributed by atoms with Gasteiger partial charge in [-0.15, -0.1) is 0 Å². The van der Waals surface area contributed by atoms with Gasteiger partial charge in [-0.3, -0.25) is 9.59 Å². The lowest BCUT2D eigenvalue weighted by Gasteiger charge is -2.31. The molecule has 0 radical (unpaired) electrons. The smallest absolute Gasteiger partial charge is 0.322 e. The van der Waals surface area contributed by atoms with E-state index in [0.717, 1.165) is 4.31 Å². The second kappa shape index (κ2) is 6.83. The topological polar surface area (TPSA) is 113 Å². The highest BCUT2D eigenvalue weighted by Gasteiger charge is 2.36. The first-order chi connectivity index (χ1) is 8.88. The molecule has 1 aliphatic heterocycles. The molecular weight excluding hydrogens is 276 g/mol. The third-order valence-electron chi connectivity index (χ3n) is 2.89. The number of carboxylic acid groups (broad SMARTS) is 1. The van der Waals surface area contributed by atoms with Gasteiger partial charge in [0.05, 0.1) is 13.5 Å². The van der Waals surface area contributed by atoms with Gasteiger partial charge in [0, 0.05) is 13.1 Å². The number of carbonyl (C=O) groups is 2. The molecule has 1 rings (SSSR count). The largest absolute Gasteiger partial charge is 0.480 e. The van der Waals surface area contributed by atoms with Crippen LogP contribution in [0.1, 0.15) is 25.7 Å². The number of carboxylic acids is 1. The number of hydrogen-bond donors (Lipinski definition) is 2. The molecular formula is C10H18N2O6S. The number of carbonyl (C=O) groups excluding carboxylic acids is 1. The fourth-order valence-electron chi connectivity index (χ4n) is 1.91. The van der Waals surface area contributed by atoms with E-state index >= 15 is 0 Å². The number of nitrogens with zero attached hydrogens (tertiary/aromatic N) is 1. The Hall–Kier alpha value is -1.19. The fraction of sp³-hybridized carbons (Fsp3) is 0.800. The van der Waals surface area contributed by atoms with E-state index in [1.54, 1.807) is 0 Å². The number of hydrogen-bond acceptors (Lipinski definition) is 5. The molecule has 1 aliphatic rings. The van der Waals surface area contributed by atoms with E-state index in [2.05, 4.69) is 9.46 Å². The molecule has 0 amide bonds. The highest BCUT2D eigenvalue weighted by Crippen LogP contribution is 2.19. The van der Waals surface area contributed by atoms with Crippen molar-refractivity contribution in [3.8, 4) is 0 Å². The SMILES string of the molecule is COC(=O)CCNS(=O)(=O)N1CCCCC1C(=O)O. The molecule has 0 aliphatic carbocycles. The van der Waals surface area contributed by atoms with Crippen molar-refractivity contribution in [1.82, 2.24) is 9.03 Å². The molecule has 0 aromatic heterocycles. The van der Waals surface area contributed by atoms with E-state index in [-0.39, 0.29) is 19.5 Å². The minimum absolute atomic E-state index is 0.0959. The molecule has 1 saturated heterocycles. The molecule has 1 fully saturated rings. The van der Waals surface area contributed by atoms with E-state index in [1.807, 2.05) is 0 Å². The van der Waals surface area contributed by atoms with Gasteiger partial charge in [0.1, 0.15) is 6.04 Å². The molecule has 2 N–H and O–H groups in total. The number of rotatable bonds is 6. The number of nitrogens with one attached hydrogen (secondary N) is 1. The number of piperidine rings is 1. The Balaban J connectivity index is 2.64. The second-order valence-corrected chi connectivity index (χ2v) is 5.89. The van der Waals surface area contributed by atoms with Crippen LogP contribution in [0.2, 0.25) is 0 Å². The summed E-state index contributed by atoms with van der Waals surface area (Å²) in [4.78, 5) is 21.9. The van der Waals surface area contributed by atoms with Gasteiger partial charge in [-0.2, -0.15) is 12.7 Å². The first-order valence-corrected chi connectivity index (χ1v) is 7.38. The molecule has 0 saturated carbocycles. The minimum atomic E-state index is -3.89. The van der Waals surface area contributed by atoms with Crippen molar-refractivity contribution in [2.75, 3.05) is 20.2 Å². The molecule has 0 spiro atoms. The van der Waals surface area contributed by atoms with Gasteiger partial charge in [0.25, 0.3) is 10.2 Å². The third-order valence-corrected chi connectivity index (χ3v) is 4.51. The lowest BCUT2D eigenvalue weighted by Crippen LogP contribution is -2.52. The molecule has 8 nitrogen and oxygen atoms in total. The molecule has 0 aromatic rings. The highest BCUT2D eigenvalue weighted by atomic mass is 32.2. The Kier molecular flexibility index (Phi) is 5.70. The van der Waals surface area contributed by atoms with E-state index < -0.39 is 28.2 Å². The predicted molar refractivity (Wildman–Crippen MR) is 65.5 cm³/mol. The van der Waals surface area contributed by atoms with Crippen LogP contribution in [0.5, 0.6) is 0 Å². The standard InChI is InChI=1S/C10H18N2O6S/c1-18-9(13)5-6-11-19(16,17)12-7-3-2-4-8(12)10(14)15/h8,11H,2-7H2,1H3,(H,14,15). The van der Waals surface area contributed by atoms with Gasteiger partial charge in [-0.05, 0) is 19.3 Å². The van der Waals surface area contributed by atoms with Crippen molar-refractivity contribution in [3.05, 3.63) is 0 Å². The van der Waals surface area contributed by atoms with Crippen molar-refractivity contribution in [3.63, 3.8) is 0 Å². The Morgan fingerprint density at radius 3 is 2.68 bits per heavy atom. The van der Waals surface area contributed by atoms with Crippen LogP contribution in [0.15, 0.2) is 0 Å². The summed E-state index contributed by atoms with van der Waals surface area (Å²) in [5.41, 5.74) is 0. The van der Waals surface area contributed by atoms with Crippen LogP contribution in [-0.2, 0) is 24.5 Å². The van der Waals surface area contributed by atoms with Crippen LogP contribution in [0.25, 0.3) is 0 Å². The normalized spacial score (nSPS) is 21.0. The molecule has 110 valence electrons. The summed E-state index contributed by atoms with van der Waals surface area (Å²) in [5, 5.41) is 9.02. The van der Waals surface area contributed by atoms with Crippen molar-refractivity contribution in [2.24, 2.45) is 0 Å². The average Bonchev–Trinajstić information content (AvgIpc) is 2.38. The zero-order valence-electron chi connectivity index (χ0n) is 10.7. The summed E-state index contributed by atoms with van der Waals surface area (Å²) in [6.45, 7) is 0.0579. The number of aliphatic carboxylic acids is 1. The van der Waals surface area contributed by atoms with Crippen molar-refractivity contribution in [2.45, 2.75) is 31.7 Å². The van der Waals surface area contributed by atoms with Crippen LogP contribution in [0.4, 0.5) is 0 Å². The zero-order valence-corrected chi connectivity index (χ0v) is 11.5. The van der Waals surface area contributed by atoms with Crippen LogP contribution in [-0.4, -0.2) is 56.0 Å². The van der Waals surface area contributed by atoms with Crippen LogP contribution in [0, 0.1) is 0 Å². The maximum absolute atomic E-state index is 12.0. The molecule has 0 aromatic carbocycles. The Labute approximate surface area is 111 Å². The van der Waals surface area contributed by atoms with Gasteiger partial charge in [0.15, 0.2) is 0 Å². The van der Waals surface area contributed by atoms with E-state index in [9.17, 15) is 18.0 Å². The highest BCUT2D eigenvalue weighted by molar-refractivity contribution is 7.87. The monoisotopic (exact) mass is 294 g/mol. The van der Waals surface area contributed by atoms with Crippen molar-refractivity contribution >= 4 is 22.1 Å². The molecule has 19 heavy (non-hydrogen) atoms. The maximum atomic E-state index is 12.0. The molecule has 1 unspecified atom stereocenters. The average molecular weight is 294 g/mol. The summed E-state index contributed by atoms with van der Waals surface area (Å²) in [7, 11) is -2.68. The summed E-state index contributed by atoms with van der Waals surface area (Å²) in [5.74, 6) is -1.69. The van der Waals surface area contributed by atoms with Crippen molar-refractivity contribution in [1.29, 1.82) is 0 Å². The maximum Gasteiger partial charge on any atom is 0.322 e. The third kappa shape index (κ3) is 4.44. The molecule has 1 heterocycles. The van der Waals surface area contributed by atoms with Gasteiger partial charge in [-0.1, -0.05) is 0 Å². The predicted octanol–water partition coefficient (Wildman–Crippen LogP) is -0.677. The van der Waals surface area contributed by atoms with Gasteiger partial charge in [0.2, 0.25) is 0 Å². The second-order valence-electron chi connectivity index (χ2n) is 4.19. The van der Waals surface area contributed by atoms with Crippen molar-refractivity contribution < 1.29 is 27.9 Å². The Bertz CT molecular complexity index is 435. The van der Waals surface area contributed by atoms with E-state index in [1.165, 1.54) is 7.11 Å². The van der Waals surface area contributed by atoms with Gasteiger partial charge < -0.3 is 9.84 Å². The molecule has 9 heteroatoms. The van der Waals surface area contributed by atoms with Gasteiger partial charge >= 0.3 is 11.9 Å².